The second kappa shape index (κ2) is 9.75. The number of aryl methyl sites for hydroxylation is 1. The number of likely N-dealkylation sites (tertiary alicyclic amines) is 1. The van der Waals surface area contributed by atoms with Crippen molar-refractivity contribution < 1.29 is 27.9 Å². The van der Waals surface area contributed by atoms with Crippen LogP contribution in [0, 0.1) is 23.7 Å². The first-order valence-electron chi connectivity index (χ1n) is 12.5. The van der Waals surface area contributed by atoms with Crippen molar-refractivity contribution in [1.29, 1.82) is 0 Å². The zero-order chi connectivity index (χ0) is 26.3. The molecule has 4 rings (SSSR count). The van der Waals surface area contributed by atoms with Gasteiger partial charge in [-0.1, -0.05) is 33.8 Å². The first-order chi connectivity index (χ1) is 16.1. The van der Waals surface area contributed by atoms with Gasteiger partial charge in [0.1, 0.15) is 5.78 Å². The van der Waals surface area contributed by atoms with E-state index in [1.165, 1.54) is 42.6 Å². The van der Waals surface area contributed by atoms with E-state index in [-0.39, 0.29) is 16.7 Å². The van der Waals surface area contributed by atoms with Gasteiger partial charge >= 0.3 is 12.1 Å². The fourth-order valence-corrected chi connectivity index (χ4v) is 6.11. The predicted octanol–water partition coefficient (Wildman–Crippen LogP) is 5.49. The van der Waals surface area contributed by atoms with Crippen molar-refractivity contribution in [3.8, 4) is 0 Å². The van der Waals surface area contributed by atoms with Gasteiger partial charge in [-0.05, 0) is 73.7 Å². The number of hydrogen-bond donors (Lipinski definition) is 1. The van der Waals surface area contributed by atoms with Crippen LogP contribution in [-0.2, 0) is 16.0 Å². The highest BCUT2D eigenvalue weighted by molar-refractivity contribution is 5.88. The minimum Gasteiger partial charge on any atom is -0.475 e. The number of benzene rings is 1. The summed E-state index contributed by atoms with van der Waals surface area (Å²) in [7, 11) is 0. The number of hydrogen-bond acceptors (Lipinski definition) is 4. The average molecular weight is 497 g/mol. The SMILES string of the molecule is Cc1cc(N2CCC(N3CCCC3C)C2)ccc1CC(=O)C1C(C)(C)C1(C)C.O=C(O)C(F)(F)F. The summed E-state index contributed by atoms with van der Waals surface area (Å²) in [6.45, 7) is 17.1. The molecule has 0 amide bonds. The highest BCUT2D eigenvalue weighted by Gasteiger charge is 2.67. The van der Waals surface area contributed by atoms with Crippen LogP contribution in [-0.4, -0.2) is 59.7 Å². The van der Waals surface area contributed by atoms with Crippen molar-refractivity contribution in [2.45, 2.75) is 85.5 Å². The van der Waals surface area contributed by atoms with Crippen molar-refractivity contribution >= 4 is 17.4 Å². The molecule has 0 radical (unpaired) electrons. The zero-order valence-electron chi connectivity index (χ0n) is 21.7. The van der Waals surface area contributed by atoms with E-state index in [9.17, 15) is 18.0 Å². The molecule has 5 nitrogen and oxygen atoms in total. The Labute approximate surface area is 206 Å². The molecule has 8 heteroatoms. The van der Waals surface area contributed by atoms with Gasteiger partial charge in [-0.15, -0.1) is 0 Å². The quantitative estimate of drug-likeness (QED) is 0.585. The van der Waals surface area contributed by atoms with Gasteiger partial charge < -0.3 is 10.0 Å². The van der Waals surface area contributed by atoms with Gasteiger partial charge in [0, 0.05) is 43.2 Å². The summed E-state index contributed by atoms with van der Waals surface area (Å²) in [6.07, 6.45) is -0.520. The molecule has 3 aliphatic rings. The van der Waals surface area contributed by atoms with Gasteiger partial charge in [0.2, 0.25) is 0 Å². The Morgan fingerprint density at radius 3 is 2.14 bits per heavy atom. The van der Waals surface area contributed by atoms with Gasteiger partial charge in [-0.3, -0.25) is 9.69 Å². The van der Waals surface area contributed by atoms with Gasteiger partial charge in [0.05, 0.1) is 0 Å². The van der Waals surface area contributed by atoms with Crippen LogP contribution in [0.25, 0.3) is 0 Å². The molecule has 1 saturated carbocycles. The van der Waals surface area contributed by atoms with Crippen LogP contribution in [0.5, 0.6) is 0 Å². The number of carbonyl (C=O) groups excluding carboxylic acids is 1. The number of nitrogens with zero attached hydrogens (tertiary/aromatic N) is 2. The minimum absolute atomic E-state index is 0.134. The number of aliphatic carboxylic acids is 1. The minimum atomic E-state index is -5.08. The van der Waals surface area contributed by atoms with E-state index >= 15 is 0 Å². The normalized spacial score (nSPS) is 25.8. The second-order valence-electron chi connectivity index (χ2n) is 11.6. The lowest BCUT2D eigenvalue weighted by Crippen LogP contribution is -2.39. The Morgan fingerprint density at radius 1 is 1.09 bits per heavy atom. The molecule has 1 aliphatic carbocycles. The largest absolute Gasteiger partial charge is 0.490 e. The molecule has 1 aromatic carbocycles. The predicted molar refractivity (Wildman–Crippen MR) is 131 cm³/mol. The summed E-state index contributed by atoms with van der Waals surface area (Å²) < 4.78 is 31.7. The number of Topliss-reactive ketones (excluding diaryl/α,β-unsaturated/α-hetero) is 1. The molecule has 2 saturated heterocycles. The zero-order valence-corrected chi connectivity index (χ0v) is 21.7. The van der Waals surface area contributed by atoms with E-state index in [1.807, 2.05) is 0 Å². The highest BCUT2D eigenvalue weighted by Crippen LogP contribution is 2.68. The van der Waals surface area contributed by atoms with Gasteiger partial charge in [-0.25, -0.2) is 4.79 Å². The van der Waals surface area contributed by atoms with Crippen molar-refractivity contribution in [2.24, 2.45) is 16.7 Å². The molecule has 196 valence electrons. The number of carbonyl (C=O) groups is 2. The molecule has 0 bridgehead atoms. The Balaban J connectivity index is 0.000000429. The first kappa shape index (κ1) is 27.5. The number of carboxylic acids is 1. The number of ketones is 1. The average Bonchev–Trinajstić information content (AvgIpc) is 3.20. The van der Waals surface area contributed by atoms with Crippen molar-refractivity contribution in [1.82, 2.24) is 4.90 Å². The van der Waals surface area contributed by atoms with Crippen LogP contribution in [0.4, 0.5) is 18.9 Å². The van der Waals surface area contributed by atoms with E-state index in [4.69, 9.17) is 9.90 Å². The third-order valence-corrected chi connectivity index (χ3v) is 8.88. The monoisotopic (exact) mass is 496 g/mol. The van der Waals surface area contributed by atoms with Crippen LogP contribution in [0.2, 0.25) is 0 Å². The van der Waals surface area contributed by atoms with Crippen LogP contribution in [0.3, 0.4) is 0 Å². The molecule has 2 atom stereocenters. The molecule has 3 fully saturated rings. The first-order valence-corrected chi connectivity index (χ1v) is 12.5. The number of carboxylic acid groups (broad SMARTS) is 1. The van der Waals surface area contributed by atoms with E-state index < -0.39 is 12.1 Å². The fourth-order valence-electron chi connectivity index (χ4n) is 6.11. The maximum Gasteiger partial charge on any atom is 0.490 e. The lowest BCUT2D eigenvalue weighted by Gasteiger charge is -2.28. The second-order valence-corrected chi connectivity index (χ2v) is 11.6. The number of anilines is 1. The Hall–Kier alpha value is -2.09. The summed E-state index contributed by atoms with van der Waals surface area (Å²) in [6, 6.07) is 8.21. The van der Waals surface area contributed by atoms with Crippen LogP contribution < -0.4 is 4.90 Å². The molecular formula is C27H39F3N2O3. The maximum absolute atomic E-state index is 12.9. The molecule has 2 unspecified atom stereocenters. The Kier molecular flexibility index (Phi) is 7.66. The van der Waals surface area contributed by atoms with Crippen molar-refractivity contribution in [2.75, 3.05) is 24.5 Å². The van der Waals surface area contributed by atoms with Crippen LogP contribution in [0.15, 0.2) is 18.2 Å². The Bertz CT molecular complexity index is 943. The van der Waals surface area contributed by atoms with E-state index in [2.05, 4.69) is 69.5 Å². The number of rotatable bonds is 5. The van der Waals surface area contributed by atoms with E-state index in [1.54, 1.807) is 0 Å². The van der Waals surface area contributed by atoms with E-state index in [0.717, 1.165) is 19.1 Å². The van der Waals surface area contributed by atoms with Crippen molar-refractivity contribution in [3.63, 3.8) is 0 Å². The van der Waals surface area contributed by atoms with Gasteiger partial charge in [0.15, 0.2) is 0 Å². The molecule has 2 heterocycles. The highest BCUT2D eigenvalue weighted by atomic mass is 19.4. The topological polar surface area (TPSA) is 60.9 Å². The Morgan fingerprint density at radius 2 is 1.69 bits per heavy atom. The number of halogens is 3. The van der Waals surface area contributed by atoms with Crippen LogP contribution in [0.1, 0.15) is 65.0 Å². The lowest BCUT2D eigenvalue weighted by atomic mass is 9.97. The molecule has 35 heavy (non-hydrogen) atoms. The molecule has 1 aromatic rings. The third kappa shape index (κ3) is 5.68. The summed E-state index contributed by atoms with van der Waals surface area (Å²) in [5, 5.41) is 7.12. The smallest absolute Gasteiger partial charge is 0.475 e. The summed E-state index contributed by atoms with van der Waals surface area (Å²) >= 11 is 0. The molecule has 0 aromatic heterocycles. The van der Waals surface area contributed by atoms with Crippen LogP contribution >= 0.6 is 0 Å². The summed E-state index contributed by atoms with van der Waals surface area (Å²) in [4.78, 5) is 27.1. The molecule has 2 aliphatic heterocycles. The molecular weight excluding hydrogens is 457 g/mol. The molecule has 0 spiro atoms. The van der Waals surface area contributed by atoms with Crippen molar-refractivity contribution in [3.05, 3.63) is 29.3 Å². The lowest BCUT2D eigenvalue weighted by molar-refractivity contribution is -0.192. The third-order valence-electron chi connectivity index (χ3n) is 8.88. The maximum atomic E-state index is 12.9. The van der Waals surface area contributed by atoms with Gasteiger partial charge in [-0.2, -0.15) is 13.2 Å². The van der Waals surface area contributed by atoms with E-state index in [0.29, 0.717) is 18.2 Å². The summed E-state index contributed by atoms with van der Waals surface area (Å²) in [5.41, 5.74) is 4.07. The molecule has 1 N–H and O–H groups in total. The number of alkyl halides is 3. The summed E-state index contributed by atoms with van der Waals surface area (Å²) in [5.74, 6) is -2.15. The standard InChI is InChI=1S/C25H38N2O.C2HF3O2/c1-17-14-20(26-13-11-21(16-26)27-12-7-8-18(27)2)10-9-19(17)15-22(28)23-24(3,4)25(23,5)6;3-2(4,5)1(6)7/h9-10,14,18,21,23H,7-8,11-13,15-16H2,1-6H3;(H,6,7). The fraction of sp³-hybridized carbons (Fsp3) is 0.704. The van der Waals surface area contributed by atoms with Gasteiger partial charge in [0.25, 0.3) is 0 Å².